The van der Waals surface area contributed by atoms with Crippen molar-refractivity contribution in [3.05, 3.63) is 23.3 Å². The number of fused-ring (bicyclic) bond motifs is 2. The first-order valence-corrected chi connectivity index (χ1v) is 14.5. The molecule has 1 spiro atoms. The number of carbonyl (C=O) groups is 6. The predicted molar refractivity (Wildman–Crippen MR) is 146 cm³/mol. The maximum atomic E-state index is 14.0. The number of Topliss-reactive ketones (excluding diaryl/α,β-unsaturated/α-hetero) is 1. The molecule has 0 amide bonds. The predicted octanol–water partition coefficient (Wildman–Crippen LogP) is -0.233. The van der Waals surface area contributed by atoms with Gasteiger partial charge in [-0.25, -0.2) is 4.79 Å². The quantitative estimate of drug-likeness (QED) is 0.116. The van der Waals surface area contributed by atoms with Crippen LogP contribution in [0.3, 0.4) is 0 Å². The van der Waals surface area contributed by atoms with E-state index in [0.717, 1.165) is 13.2 Å². The van der Waals surface area contributed by atoms with E-state index in [0.29, 0.717) is 5.57 Å². The van der Waals surface area contributed by atoms with Crippen molar-refractivity contribution < 1.29 is 63.0 Å². The van der Waals surface area contributed by atoms with Crippen molar-refractivity contribution in [2.45, 2.75) is 83.6 Å². The zero-order valence-corrected chi connectivity index (χ0v) is 25.6. The van der Waals surface area contributed by atoms with Gasteiger partial charge in [-0.3, -0.25) is 24.0 Å². The Morgan fingerprint density at radius 2 is 1.73 bits per heavy atom. The minimum atomic E-state index is -2.46. The van der Waals surface area contributed by atoms with E-state index in [1.54, 1.807) is 13.8 Å². The molecule has 240 valence electrons. The Hall–Kier alpha value is -3.26. The number of hydrogen-bond donors (Lipinski definition) is 3. The minimum Gasteiger partial charge on any atom is -0.467 e. The maximum absolute atomic E-state index is 14.0. The summed E-state index contributed by atoms with van der Waals surface area (Å²) in [5.74, 6) is -11.4. The second-order valence-electron chi connectivity index (χ2n) is 13.5. The number of methoxy groups -OCH3 is 1. The standard InChI is InChI=1S/C31H38O13/c1-12-8-17(34)24(37)29(6)15(12)10-18-30-11-42-31(27(40)41-7,25(38)21(36)23(29)30)22(30)19(26(39)43-18)20(35)16(33)9-13(2)28(4,5)44-14(3)32/h8-9,15,18-19,21-25,36-38H,10-11H2,1-7H3/b13-9+/t15-,18+,19+,21+,22+,23+,24+,25-,29-,30?,31+/m0/s1. The number of allylic oxidation sites excluding steroid dienone is 2. The summed E-state index contributed by atoms with van der Waals surface area (Å²) in [6, 6.07) is 0. The Morgan fingerprint density at radius 1 is 1.09 bits per heavy atom. The molecule has 0 radical (unpaired) electrons. The summed E-state index contributed by atoms with van der Waals surface area (Å²) in [5.41, 5.74) is -6.04. The highest BCUT2D eigenvalue weighted by Gasteiger charge is 2.85. The molecule has 0 aromatic heterocycles. The van der Waals surface area contributed by atoms with Crippen LogP contribution >= 0.6 is 0 Å². The fourth-order valence-electron chi connectivity index (χ4n) is 9.05. The largest absolute Gasteiger partial charge is 0.467 e. The van der Waals surface area contributed by atoms with Crippen LogP contribution < -0.4 is 0 Å². The van der Waals surface area contributed by atoms with Gasteiger partial charge in [0.25, 0.3) is 0 Å². The van der Waals surface area contributed by atoms with E-state index in [1.165, 1.54) is 33.8 Å². The van der Waals surface area contributed by atoms with Crippen LogP contribution in [0.15, 0.2) is 23.3 Å². The highest BCUT2D eigenvalue weighted by atomic mass is 16.6. The summed E-state index contributed by atoms with van der Waals surface area (Å²) in [4.78, 5) is 79.3. The van der Waals surface area contributed by atoms with Crippen LogP contribution in [0.2, 0.25) is 0 Å². The topological polar surface area (TPSA) is 200 Å². The molecule has 2 aliphatic heterocycles. The average molecular weight is 619 g/mol. The van der Waals surface area contributed by atoms with Crippen molar-refractivity contribution in [3.63, 3.8) is 0 Å². The molecule has 2 saturated carbocycles. The number of aliphatic hydroxyl groups excluding tert-OH is 3. The zero-order chi connectivity index (χ0) is 32.9. The lowest BCUT2D eigenvalue weighted by atomic mass is 9.37. The van der Waals surface area contributed by atoms with E-state index in [-0.39, 0.29) is 12.0 Å². The SMILES string of the molecule is COC(=O)[C@@]12OCC34[C@H]1[C@@H](C(=O)C(=O)/C=C(\C)C(C)(C)OC(C)=O)C(=O)O[C@@H]3C[C@H]1C(C)=CC(=O)[C@@H](O)[C@]1(C)[C@H]4[C@@H](O)[C@@H]2O. The molecular weight excluding hydrogens is 580 g/mol. The molecule has 2 heterocycles. The van der Waals surface area contributed by atoms with Crippen molar-refractivity contribution in [1.82, 2.24) is 0 Å². The molecule has 11 atom stereocenters. The van der Waals surface area contributed by atoms with Crippen LogP contribution in [-0.4, -0.2) is 99.9 Å². The highest BCUT2D eigenvalue weighted by Crippen LogP contribution is 2.73. The van der Waals surface area contributed by atoms with Gasteiger partial charge >= 0.3 is 17.9 Å². The molecule has 5 rings (SSSR count). The van der Waals surface area contributed by atoms with E-state index in [2.05, 4.69) is 0 Å². The van der Waals surface area contributed by atoms with Gasteiger partial charge in [-0.1, -0.05) is 12.5 Å². The smallest absolute Gasteiger partial charge is 0.341 e. The van der Waals surface area contributed by atoms with Crippen LogP contribution in [0.25, 0.3) is 0 Å². The second-order valence-corrected chi connectivity index (χ2v) is 13.5. The van der Waals surface area contributed by atoms with Crippen molar-refractivity contribution in [1.29, 1.82) is 0 Å². The zero-order valence-electron chi connectivity index (χ0n) is 25.6. The first-order valence-electron chi connectivity index (χ1n) is 14.5. The molecule has 13 heteroatoms. The van der Waals surface area contributed by atoms with Crippen LogP contribution in [-0.2, 0) is 47.7 Å². The number of aliphatic hydroxyl groups is 3. The molecular formula is C31H38O13. The lowest BCUT2D eigenvalue weighted by molar-refractivity contribution is -0.288. The number of rotatable bonds is 6. The summed E-state index contributed by atoms with van der Waals surface area (Å²) in [6.07, 6.45) is -4.34. The van der Waals surface area contributed by atoms with Gasteiger partial charge in [0.05, 0.1) is 19.8 Å². The molecule has 0 aromatic rings. The third-order valence-corrected chi connectivity index (χ3v) is 11.1. The third kappa shape index (κ3) is 3.91. The Kier molecular flexibility index (Phi) is 7.40. The summed E-state index contributed by atoms with van der Waals surface area (Å²) in [6.45, 7) is 8.51. The van der Waals surface area contributed by atoms with Gasteiger partial charge < -0.3 is 34.3 Å². The molecule has 3 aliphatic carbocycles. The van der Waals surface area contributed by atoms with Gasteiger partial charge in [-0.15, -0.1) is 0 Å². The second kappa shape index (κ2) is 10.1. The molecule has 3 N–H and O–H groups in total. The minimum absolute atomic E-state index is 0.0514. The molecule has 13 nitrogen and oxygen atoms in total. The Bertz CT molecular complexity index is 1420. The highest BCUT2D eigenvalue weighted by molar-refractivity contribution is 6.45. The van der Waals surface area contributed by atoms with Gasteiger partial charge in [0, 0.05) is 29.6 Å². The summed E-state index contributed by atoms with van der Waals surface area (Å²) in [7, 11) is 1.01. The van der Waals surface area contributed by atoms with E-state index in [4.69, 9.17) is 18.9 Å². The van der Waals surface area contributed by atoms with Gasteiger partial charge in [-0.2, -0.15) is 0 Å². The van der Waals surface area contributed by atoms with E-state index < -0.39 is 112 Å². The lowest BCUT2D eigenvalue weighted by Crippen LogP contribution is -2.79. The Labute approximate surface area is 253 Å². The number of carbonyl (C=O) groups excluding carboxylic acids is 6. The number of ether oxygens (including phenoxy) is 4. The lowest BCUT2D eigenvalue weighted by Gasteiger charge is -2.68. The van der Waals surface area contributed by atoms with Crippen molar-refractivity contribution in [2.75, 3.05) is 13.7 Å². The first kappa shape index (κ1) is 32.1. The Morgan fingerprint density at radius 3 is 2.32 bits per heavy atom. The van der Waals surface area contributed by atoms with Crippen LogP contribution in [0, 0.1) is 34.5 Å². The first-order chi connectivity index (χ1) is 20.3. The molecule has 2 bridgehead atoms. The average Bonchev–Trinajstić information content (AvgIpc) is 3.23. The van der Waals surface area contributed by atoms with E-state index in [9.17, 15) is 44.1 Å². The van der Waals surface area contributed by atoms with Crippen molar-refractivity contribution >= 4 is 35.3 Å². The molecule has 44 heavy (non-hydrogen) atoms. The fourth-order valence-corrected chi connectivity index (χ4v) is 9.05. The van der Waals surface area contributed by atoms with Crippen LogP contribution in [0.1, 0.15) is 48.0 Å². The molecule has 1 unspecified atom stereocenters. The van der Waals surface area contributed by atoms with Gasteiger partial charge in [0.2, 0.25) is 11.6 Å². The van der Waals surface area contributed by atoms with Crippen LogP contribution in [0.4, 0.5) is 0 Å². The summed E-state index contributed by atoms with van der Waals surface area (Å²) < 4.78 is 22.2. The normalized spacial score (nSPS) is 42.8. The van der Waals surface area contributed by atoms with Crippen molar-refractivity contribution in [3.8, 4) is 0 Å². The van der Waals surface area contributed by atoms with E-state index >= 15 is 0 Å². The molecule has 2 saturated heterocycles. The third-order valence-electron chi connectivity index (χ3n) is 11.1. The maximum Gasteiger partial charge on any atom is 0.341 e. The summed E-state index contributed by atoms with van der Waals surface area (Å²) in [5, 5.41) is 34.8. The van der Waals surface area contributed by atoms with Gasteiger partial charge in [0.15, 0.2) is 11.4 Å². The number of esters is 3. The van der Waals surface area contributed by atoms with E-state index in [1.807, 2.05) is 0 Å². The Balaban J connectivity index is 1.70. The fraction of sp³-hybridized carbons (Fsp3) is 0.677. The molecule has 0 aromatic carbocycles. The molecule has 5 aliphatic rings. The van der Waals surface area contributed by atoms with Gasteiger partial charge in [0.1, 0.15) is 29.8 Å². The number of hydrogen-bond acceptors (Lipinski definition) is 13. The van der Waals surface area contributed by atoms with Gasteiger partial charge in [-0.05, 0) is 57.8 Å². The molecule has 4 fully saturated rings. The monoisotopic (exact) mass is 618 g/mol. The summed E-state index contributed by atoms with van der Waals surface area (Å²) >= 11 is 0. The van der Waals surface area contributed by atoms with Crippen molar-refractivity contribution in [2.24, 2.45) is 34.5 Å². The number of ketones is 3. The van der Waals surface area contributed by atoms with Crippen LogP contribution in [0.5, 0.6) is 0 Å².